The van der Waals surface area contributed by atoms with Crippen LogP contribution in [0.2, 0.25) is 0 Å². The quantitative estimate of drug-likeness (QED) is 0.530. The van der Waals surface area contributed by atoms with Crippen molar-refractivity contribution in [1.29, 1.82) is 0 Å². The summed E-state index contributed by atoms with van der Waals surface area (Å²) in [5.41, 5.74) is 4.85. The number of anilines is 1. The molecule has 0 radical (unpaired) electrons. The van der Waals surface area contributed by atoms with E-state index in [1.165, 1.54) is 0 Å². The van der Waals surface area contributed by atoms with Gasteiger partial charge in [-0.1, -0.05) is 19.1 Å². The van der Waals surface area contributed by atoms with Crippen molar-refractivity contribution in [1.82, 2.24) is 25.1 Å². The first kappa shape index (κ1) is 24.3. The fraction of sp³-hybridized carbons (Fsp3) is 0.385. The molecule has 1 fully saturated rings. The number of hydrogen-bond donors (Lipinski definition) is 2. The zero-order valence-corrected chi connectivity index (χ0v) is 20.7. The lowest BCUT2D eigenvalue weighted by molar-refractivity contribution is -0.138. The van der Waals surface area contributed by atoms with Crippen molar-refractivity contribution in [2.24, 2.45) is 0 Å². The molecule has 9 heteroatoms. The molecule has 3 amide bonds. The summed E-state index contributed by atoms with van der Waals surface area (Å²) in [4.78, 5) is 46.0. The second-order valence-corrected chi connectivity index (χ2v) is 9.13. The Morgan fingerprint density at radius 2 is 1.74 bits per heavy atom. The molecular formula is C26H30N6O3. The number of nitrogens with zero attached hydrogens (tertiary/aromatic N) is 4. The van der Waals surface area contributed by atoms with Crippen molar-refractivity contribution in [2.45, 2.75) is 65.7 Å². The van der Waals surface area contributed by atoms with Crippen LogP contribution in [0.3, 0.4) is 0 Å². The van der Waals surface area contributed by atoms with Crippen LogP contribution in [0.5, 0.6) is 0 Å². The van der Waals surface area contributed by atoms with E-state index in [1.54, 1.807) is 16.8 Å². The molecule has 1 atom stereocenters. The van der Waals surface area contributed by atoms with Gasteiger partial charge in [-0.05, 0) is 64.3 Å². The summed E-state index contributed by atoms with van der Waals surface area (Å²) in [6, 6.07) is 9.18. The molecule has 1 aliphatic heterocycles. The minimum absolute atomic E-state index is 0.160. The lowest BCUT2D eigenvalue weighted by Crippen LogP contribution is -2.51. The molecule has 35 heavy (non-hydrogen) atoms. The van der Waals surface area contributed by atoms with Gasteiger partial charge in [-0.15, -0.1) is 0 Å². The Hall–Kier alpha value is -3.88. The Labute approximate surface area is 204 Å². The Balaban J connectivity index is 1.49. The van der Waals surface area contributed by atoms with Gasteiger partial charge in [0, 0.05) is 34.8 Å². The first-order chi connectivity index (χ1) is 16.6. The molecule has 2 N–H and O–H groups in total. The van der Waals surface area contributed by atoms with Crippen LogP contribution in [0.25, 0.3) is 5.95 Å². The van der Waals surface area contributed by atoms with Crippen molar-refractivity contribution in [3.05, 3.63) is 64.2 Å². The van der Waals surface area contributed by atoms with Crippen LogP contribution in [0, 0.1) is 27.7 Å². The molecular weight excluding hydrogens is 444 g/mol. The van der Waals surface area contributed by atoms with Crippen molar-refractivity contribution in [3.63, 3.8) is 0 Å². The highest BCUT2D eigenvalue weighted by molar-refractivity contribution is 6.03. The van der Waals surface area contributed by atoms with E-state index in [-0.39, 0.29) is 24.1 Å². The molecule has 1 aromatic carbocycles. The van der Waals surface area contributed by atoms with Crippen molar-refractivity contribution in [2.75, 3.05) is 5.32 Å². The zero-order valence-electron chi connectivity index (χ0n) is 20.7. The topological polar surface area (TPSA) is 119 Å². The summed E-state index contributed by atoms with van der Waals surface area (Å²) >= 11 is 0. The van der Waals surface area contributed by atoms with E-state index in [2.05, 4.69) is 25.7 Å². The van der Waals surface area contributed by atoms with Crippen LogP contribution < -0.4 is 10.6 Å². The van der Waals surface area contributed by atoms with Gasteiger partial charge in [0.2, 0.25) is 17.7 Å². The largest absolute Gasteiger partial charge is 0.326 e. The summed E-state index contributed by atoms with van der Waals surface area (Å²) in [6.07, 6.45) is 1.54. The standard InChI is InChI=1S/C26H30N6O3/c1-6-26(12-11-22(33)30-24(26)35)19-7-9-20(10-8-19)29-23(34)14-21-17(4)31-32(18(21)5)25-27-15(2)13-16(3)28-25/h7-10,13H,6,11-12,14H2,1-5H3,(H,29,34)(H,30,33,35). The first-order valence-electron chi connectivity index (χ1n) is 11.8. The lowest BCUT2D eigenvalue weighted by Gasteiger charge is -2.35. The summed E-state index contributed by atoms with van der Waals surface area (Å²) in [5.74, 6) is -0.176. The highest BCUT2D eigenvalue weighted by atomic mass is 16.2. The van der Waals surface area contributed by atoms with Gasteiger partial charge in [-0.3, -0.25) is 19.7 Å². The Kier molecular flexibility index (Phi) is 6.51. The van der Waals surface area contributed by atoms with Gasteiger partial charge >= 0.3 is 0 Å². The van der Waals surface area contributed by atoms with Crippen LogP contribution in [0.1, 0.15) is 60.1 Å². The minimum Gasteiger partial charge on any atom is -0.326 e. The Bertz CT molecular complexity index is 1290. The number of rotatable bonds is 6. The predicted octanol–water partition coefficient (Wildman–Crippen LogP) is 3.16. The summed E-state index contributed by atoms with van der Waals surface area (Å²) in [7, 11) is 0. The summed E-state index contributed by atoms with van der Waals surface area (Å²) < 4.78 is 1.68. The lowest BCUT2D eigenvalue weighted by atomic mass is 9.72. The molecule has 2 aromatic heterocycles. The third-order valence-electron chi connectivity index (χ3n) is 6.73. The highest BCUT2D eigenvalue weighted by Crippen LogP contribution is 2.36. The number of carbonyl (C=O) groups is 3. The fourth-order valence-electron chi connectivity index (χ4n) is 4.73. The maximum atomic E-state index is 12.9. The molecule has 3 heterocycles. The van der Waals surface area contributed by atoms with Crippen LogP contribution in [-0.2, 0) is 26.2 Å². The van der Waals surface area contributed by atoms with Gasteiger partial charge in [0.15, 0.2) is 0 Å². The van der Waals surface area contributed by atoms with Gasteiger partial charge in [0.1, 0.15) is 0 Å². The SMILES string of the molecule is CCC1(c2ccc(NC(=O)Cc3c(C)nn(-c4nc(C)cc(C)n4)c3C)cc2)CCC(=O)NC1=O. The number of benzene rings is 1. The third kappa shape index (κ3) is 4.71. The van der Waals surface area contributed by atoms with E-state index in [4.69, 9.17) is 0 Å². The normalized spacial score (nSPS) is 17.9. The van der Waals surface area contributed by atoms with Gasteiger partial charge in [0.05, 0.1) is 17.5 Å². The van der Waals surface area contributed by atoms with Crippen LogP contribution in [0.4, 0.5) is 5.69 Å². The number of nitrogens with one attached hydrogen (secondary N) is 2. The van der Waals surface area contributed by atoms with Crippen molar-refractivity contribution in [3.8, 4) is 5.95 Å². The third-order valence-corrected chi connectivity index (χ3v) is 6.73. The molecule has 0 saturated carbocycles. The smallest absolute Gasteiger partial charge is 0.251 e. The number of amides is 3. The average molecular weight is 475 g/mol. The molecule has 1 unspecified atom stereocenters. The number of aromatic nitrogens is 4. The number of aryl methyl sites for hydroxylation is 3. The number of piperidine rings is 1. The first-order valence-corrected chi connectivity index (χ1v) is 11.8. The molecule has 1 aliphatic rings. The minimum atomic E-state index is -0.727. The van der Waals surface area contributed by atoms with Crippen LogP contribution >= 0.6 is 0 Å². The van der Waals surface area contributed by atoms with Crippen LogP contribution in [0.15, 0.2) is 30.3 Å². The Morgan fingerprint density at radius 3 is 2.34 bits per heavy atom. The summed E-state index contributed by atoms with van der Waals surface area (Å²) in [6.45, 7) is 9.54. The molecule has 0 bridgehead atoms. The molecule has 0 aliphatic carbocycles. The predicted molar refractivity (Wildman–Crippen MR) is 131 cm³/mol. The van der Waals surface area contributed by atoms with E-state index >= 15 is 0 Å². The molecule has 9 nitrogen and oxygen atoms in total. The van der Waals surface area contributed by atoms with Gasteiger partial charge in [0.25, 0.3) is 5.95 Å². The molecule has 4 rings (SSSR count). The van der Waals surface area contributed by atoms with Crippen molar-refractivity contribution < 1.29 is 14.4 Å². The number of imide groups is 1. The van der Waals surface area contributed by atoms with E-state index < -0.39 is 5.41 Å². The number of hydrogen-bond acceptors (Lipinski definition) is 6. The average Bonchev–Trinajstić information content (AvgIpc) is 3.08. The number of carbonyl (C=O) groups excluding carboxylic acids is 3. The Morgan fingerprint density at radius 1 is 1.09 bits per heavy atom. The van der Waals surface area contributed by atoms with Gasteiger partial charge in [-0.25, -0.2) is 14.6 Å². The molecule has 182 valence electrons. The second kappa shape index (κ2) is 9.40. The molecule has 0 spiro atoms. The summed E-state index contributed by atoms with van der Waals surface area (Å²) in [5, 5.41) is 9.95. The van der Waals surface area contributed by atoms with Crippen LogP contribution in [-0.4, -0.2) is 37.5 Å². The van der Waals surface area contributed by atoms with E-state index in [1.807, 2.05) is 52.8 Å². The maximum Gasteiger partial charge on any atom is 0.251 e. The van der Waals surface area contributed by atoms with Gasteiger partial charge in [-0.2, -0.15) is 5.10 Å². The van der Waals surface area contributed by atoms with E-state index in [0.29, 0.717) is 30.9 Å². The monoisotopic (exact) mass is 474 g/mol. The van der Waals surface area contributed by atoms with Gasteiger partial charge < -0.3 is 5.32 Å². The molecule has 3 aromatic rings. The fourth-order valence-corrected chi connectivity index (χ4v) is 4.73. The highest BCUT2D eigenvalue weighted by Gasteiger charge is 2.42. The second-order valence-electron chi connectivity index (χ2n) is 9.13. The van der Waals surface area contributed by atoms with E-state index in [0.717, 1.165) is 33.9 Å². The maximum absolute atomic E-state index is 12.9. The molecule has 1 saturated heterocycles. The van der Waals surface area contributed by atoms with Crippen molar-refractivity contribution >= 4 is 23.4 Å². The zero-order chi connectivity index (χ0) is 25.3. The van der Waals surface area contributed by atoms with E-state index in [9.17, 15) is 14.4 Å².